The third kappa shape index (κ3) is 3.36. The van der Waals surface area contributed by atoms with Gasteiger partial charge in [0, 0.05) is 11.8 Å². The van der Waals surface area contributed by atoms with Crippen molar-refractivity contribution in [3.05, 3.63) is 47.0 Å². The highest BCUT2D eigenvalue weighted by molar-refractivity contribution is 6.32. The van der Waals surface area contributed by atoms with E-state index in [0.29, 0.717) is 28.5 Å². The molecule has 1 N–H and O–H groups in total. The zero-order valence-corrected chi connectivity index (χ0v) is 13.5. The second kappa shape index (κ2) is 6.69. The summed E-state index contributed by atoms with van der Waals surface area (Å²) >= 11 is 6.04. The maximum atomic E-state index is 12.2. The van der Waals surface area contributed by atoms with Gasteiger partial charge in [-0.25, -0.2) is 0 Å². The number of anilines is 1. The number of nitrogens with one attached hydrogen (secondary N) is 1. The first-order valence-electron chi connectivity index (χ1n) is 7.13. The van der Waals surface area contributed by atoms with Crippen LogP contribution in [0.15, 0.2) is 36.4 Å². The normalized spacial score (nSPS) is 13.0. The molecule has 2 aromatic rings. The average Bonchev–Trinajstić information content (AvgIpc) is 3.04. The van der Waals surface area contributed by atoms with E-state index in [-0.39, 0.29) is 17.7 Å². The van der Waals surface area contributed by atoms with E-state index in [2.05, 4.69) is 5.32 Å². The molecule has 2 aromatic carbocycles. The second-order valence-corrected chi connectivity index (χ2v) is 5.48. The van der Waals surface area contributed by atoms with Crippen LogP contribution in [-0.4, -0.2) is 18.8 Å². The molecule has 0 unspecified atom stereocenters. The molecule has 6 nitrogen and oxygen atoms in total. The zero-order valence-electron chi connectivity index (χ0n) is 12.7. The molecule has 1 heterocycles. The van der Waals surface area contributed by atoms with Gasteiger partial charge in [0.15, 0.2) is 17.6 Å². The predicted molar refractivity (Wildman–Crippen MR) is 87.5 cm³/mol. The number of nitrogens with zero attached hydrogens (tertiary/aromatic N) is 1. The lowest BCUT2D eigenvalue weighted by atomic mass is 10.2. The van der Waals surface area contributed by atoms with Crippen molar-refractivity contribution in [2.75, 3.05) is 12.1 Å². The topological polar surface area (TPSA) is 80.6 Å². The summed E-state index contributed by atoms with van der Waals surface area (Å²) in [7, 11) is 0. The Labute approximate surface area is 143 Å². The van der Waals surface area contributed by atoms with E-state index in [0.717, 1.165) is 0 Å². The summed E-state index contributed by atoms with van der Waals surface area (Å²) in [5.41, 5.74) is 0.996. The minimum Gasteiger partial charge on any atom is -0.479 e. The number of fused-ring (bicyclic) bond motifs is 1. The Hall–Kier alpha value is -2.91. The van der Waals surface area contributed by atoms with Gasteiger partial charge in [0.25, 0.3) is 5.91 Å². The van der Waals surface area contributed by atoms with Gasteiger partial charge in [-0.05, 0) is 37.3 Å². The first kappa shape index (κ1) is 16.0. The van der Waals surface area contributed by atoms with Crippen LogP contribution in [0.25, 0.3) is 0 Å². The molecule has 0 fully saturated rings. The summed E-state index contributed by atoms with van der Waals surface area (Å²) in [5, 5.41) is 11.8. The molecule has 0 spiro atoms. The number of rotatable bonds is 4. The predicted octanol–water partition coefficient (Wildman–Crippen LogP) is 3.35. The molecule has 1 atom stereocenters. The molecule has 0 saturated carbocycles. The Morgan fingerprint density at radius 2 is 2.08 bits per heavy atom. The second-order valence-electron chi connectivity index (χ2n) is 5.07. The SMILES string of the molecule is C[C@H](Oc1ccc(C#N)cc1Cl)C(=O)Nc1ccc2c(c1)OCO2. The molecule has 1 aliphatic rings. The molecule has 122 valence electrons. The van der Waals surface area contributed by atoms with Gasteiger partial charge in [-0.2, -0.15) is 5.26 Å². The van der Waals surface area contributed by atoms with Crippen LogP contribution in [0.4, 0.5) is 5.69 Å². The summed E-state index contributed by atoms with van der Waals surface area (Å²) in [4.78, 5) is 12.2. The van der Waals surface area contributed by atoms with E-state index in [1.165, 1.54) is 6.07 Å². The Morgan fingerprint density at radius 3 is 2.83 bits per heavy atom. The molecule has 1 aliphatic heterocycles. The van der Waals surface area contributed by atoms with Crippen LogP contribution in [0.5, 0.6) is 17.2 Å². The number of carbonyl (C=O) groups is 1. The fraction of sp³-hybridized carbons (Fsp3) is 0.176. The Bertz CT molecular complexity index is 832. The monoisotopic (exact) mass is 344 g/mol. The fourth-order valence-corrected chi connectivity index (χ4v) is 2.35. The molecular formula is C17H13ClN2O4. The van der Waals surface area contributed by atoms with Crippen LogP contribution in [0.2, 0.25) is 5.02 Å². The van der Waals surface area contributed by atoms with E-state index in [9.17, 15) is 4.79 Å². The molecule has 0 radical (unpaired) electrons. The number of nitriles is 1. The number of hydrogen-bond acceptors (Lipinski definition) is 5. The van der Waals surface area contributed by atoms with Crippen molar-refractivity contribution in [1.29, 1.82) is 5.26 Å². The zero-order chi connectivity index (χ0) is 17.1. The van der Waals surface area contributed by atoms with Crippen molar-refractivity contribution in [1.82, 2.24) is 0 Å². The molecule has 0 aromatic heterocycles. The molecular weight excluding hydrogens is 332 g/mol. The maximum absolute atomic E-state index is 12.2. The standard InChI is InChI=1S/C17H13ClN2O4/c1-10(24-14-4-2-11(8-19)6-13(14)18)17(21)20-12-3-5-15-16(7-12)23-9-22-15/h2-7,10H,9H2,1H3,(H,20,21)/t10-/m0/s1. The fourth-order valence-electron chi connectivity index (χ4n) is 2.13. The molecule has 0 aliphatic carbocycles. The third-order valence-electron chi connectivity index (χ3n) is 3.37. The lowest BCUT2D eigenvalue weighted by Crippen LogP contribution is -2.30. The highest BCUT2D eigenvalue weighted by atomic mass is 35.5. The van der Waals surface area contributed by atoms with Gasteiger partial charge >= 0.3 is 0 Å². The van der Waals surface area contributed by atoms with Crippen LogP contribution >= 0.6 is 11.6 Å². The quantitative estimate of drug-likeness (QED) is 0.920. The van der Waals surface area contributed by atoms with Crippen molar-refractivity contribution < 1.29 is 19.0 Å². The van der Waals surface area contributed by atoms with Gasteiger partial charge in [-0.15, -0.1) is 0 Å². The van der Waals surface area contributed by atoms with E-state index >= 15 is 0 Å². The minimum atomic E-state index is -0.777. The van der Waals surface area contributed by atoms with Crippen molar-refractivity contribution in [2.24, 2.45) is 0 Å². The van der Waals surface area contributed by atoms with Crippen LogP contribution in [0.1, 0.15) is 12.5 Å². The Kier molecular flexibility index (Phi) is 4.45. The van der Waals surface area contributed by atoms with Crippen molar-refractivity contribution in [2.45, 2.75) is 13.0 Å². The van der Waals surface area contributed by atoms with Crippen LogP contribution < -0.4 is 19.5 Å². The van der Waals surface area contributed by atoms with Crippen LogP contribution in [-0.2, 0) is 4.79 Å². The van der Waals surface area contributed by atoms with Crippen molar-refractivity contribution in [3.8, 4) is 23.3 Å². The van der Waals surface area contributed by atoms with Gasteiger partial charge < -0.3 is 19.5 Å². The number of ether oxygens (including phenoxy) is 3. The molecule has 3 rings (SSSR count). The number of halogens is 1. The minimum absolute atomic E-state index is 0.170. The molecule has 7 heteroatoms. The van der Waals surface area contributed by atoms with Gasteiger partial charge in [-0.1, -0.05) is 11.6 Å². The van der Waals surface area contributed by atoms with Crippen molar-refractivity contribution >= 4 is 23.2 Å². The Balaban J connectivity index is 1.66. The van der Waals surface area contributed by atoms with Crippen LogP contribution in [0.3, 0.4) is 0 Å². The largest absolute Gasteiger partial charge is 0.479 e. The number of amides is 1. The van der Waals surface area contributed by atoms with Gasteiger partial charge in [0.1, 0.15) is 5.75 Å². The first-order valence-corrected chi connectivity index (χ1v) is 7.51. The summed E-state index contributed by atoms with van der Waals surface area (Å²) in [6, 6.07) is 11.7. The average molecular weight is 345 g/mol. The van der Waals surface area contributed by atoms with E-state index in [1.54, 1.807) is 37.3 Å². The van der Waals surface area contributed by atoms with Gasteiger partial charge in [-0.3, -0.25) is 4.79 Å². The summed E-state index contributed by atoms with van der Waals surface area (Å²) in [6.07, 6.45) is -0.777. The third-order valence-corrected chi connectivity index (χ3v) is 3.67. The molecule has 1 amide bonds. The number of carbonyl (C=O) groups excluding carboxylic acids is 1. The maximum Gasteiger partial charge on any atom is 0.265 e. The summed E-state index contributed by atoms with van der Waals surface area (Å²) < 4.78 is 16.0. The molecule has 0 saturated heterocycles. The van der Waals surface area contributed by atoms with E-state index in [4.69, 9.17) is 31.1 Å². The molecule has 24 heavy (non-hydrogen) atoms. The van der Waals surface area contributed by atoms with E-state index in [1.807, 2.05) is 6.07 Å². The highest BCUT2D eigenvalue weighted by Crippen LogP contribution is 2.34. The highest BCUT2D eigenvalue weighted by Gasteiger charge is 2.19. The first-order chi connectivity index (χ1) is 11.6. The van der Waals surface area contributed by atoms with Gasteiger partial charge in [0.2, 0.25) is 6.79 Å². The number of benzene rings is 2. The molecule has 0 bridgehead atoms. The van der Waals surface area contributed by atoms with Crippen LogP contribution in [0, 0.1) is 11.3 Å². The van der Waals surface area contributed by atoms with Gasteiger partial charge in [0.05, 0.1) is 16.7 Å². The van der Waals surface area contributed by atoms with E-state index < -0.39 is 6.10 Å². The summed E-state index contributed by atoms with van der Waals surface area (Å²) in [5.74, 6) is 1.22. The lowest BCUT2D eigenvalue weighted by molar-refractivity contribution is -0.122. The summed E-state index contributed by atoms with van der Waals surface area (Å²) in [6.45, 7) is 1.78. The number of hydrogen-bond donors (Lipinski definition) is 1. The lowest BCUT2D eigenvalue weighted by Gasteiger charge is -2.16. The Morgan fingerprint density at radius 1 is 1.29 bits per heavy atom. The van der Waals surface area contributed by atoms with Crippen molar-refractivity contribution in [3.63, 3.8) is 0 Å². The smallest absolute Gasteiger partial charge is 0.265 e.